The molecule has 1 saturated heterocycles. The van der Waals surface area contributed by atoms with Gasteiger partial charge < -0.3 is 20.5 Å². The van der Waals surface area contributed by atoms with Crippen molar-refractivity contribution in [2.45, 2.75) is 13.0 Å². The van der Waals surface area contributed by atoms with E-state index in [9.17, 15) is 9.59 Å². The second-order valence-electron chi connectivity index (χ2n) is 5.06. The topological polar surface area (TPSA) is 92.9 Å². The fourth-order valence-corrected chi connectivity index (χ4v) is 2.36. The Bertz CT molecular complexity index is 544. The highest BCUT2D eigenvalue weighted by atomic mass is 16.5. The van der Waals surface area contributed by atoms with Crippen LogP contribution in [0.2, 0.25) is 0 Å². The zero-order valence-corrected chi connectivity index (χ0v) is 11.5. The van der Waals surface area contributed by atoms with Crippen LogP contribution < -0.4 is 5.73 Å². The highest BCUT2D eigenvalue weighted by Gasteiger charge is 2.38. The molecule has 0 aliphatic carbocycles. The number of rotatable bonds is 3. The molecule has 0 saturated carbocycles. The first-order valence-corrected chi connectivity index (χ1v) is 6.35. The molecule has 2 atom stereocenters. The summed E-state index contributed by atoms with van der Waals surface area (Å²) in [5.41, 5.74) is 7.53. The van der Waals surface area contributed by atoms with E-state index in [1.165, 1.54) is 4.90 Å². The molecule has 0 bridgehead atoms. The van der Waals surface area contributed by atoms with Gasteiger partial charge in [-0.3, -0.25) is 9.59 Å². The lowest BCUT2D eigenvalue weighted by Crippen LogP contribution is -2.44. The largest absolute Gasteiger partial charge is 0.481 e. The van der Waals surface area contributed by atoms with Crippen molar-refractivity contribution in [2.24, 2.45) is 5.92 Å². The van der Waals surface area contributed by atoms with Crippen LogP contribution >= 0.6 is 0 Å². The van der Waals surface area contributed by atoms with Crippen molar-refractivity contribution < 1.29 is 19.4 Å². The molecular weight excluding hydrogens is 260 g/mol. The zero-order chi connectivity index (χ0) is 14.9. The third-order valence-corrected chi connectivity index (χ3v) is 3.62. The minimum absolute atomic E-state index is 0.126. The molecule has 1 amide bonds. The second-order valence-corrected chi connectivity index (χ2v) is 5.06. The SMILES string of the molecule is Cc1ccc(N)c(C(=O)N(C)C2COCC2C(=O)O)c1. The van der Waals surface area contributed by atoms with E-state index in [2.05, 4.69) is 0 Å². The molecule has 1 heterocycles. The zero-order valence-electron chi connectivity index (χ0n) is 11.5. The number of hydrogen-bond donors (Lipinski definition) is 2. The maximum atomic E-state index is 12.5. The number of aryl methyl sites for hydroxylation is 1. The highest BCUT2D eigenvalue weighted by Crippen LogP contribution is 2.23. The third kappa shape index (κ3) is 2.60. The van der Waals surface area contributed by atoms with Crippen LogP contribution in [0.4, 0.5) is 5.69 Å². The summed E-state index contributed by atoms with van der Waals surface area (Å²) in [6.45, 7) is 2.22. The van der Waals surface area contributed by atoms with Crippen LogP contribution in [-0.2, 0) is 9.53 Å². The van der Waals surface area contributed by atoms with Crippen molar-refractivity contribution in [1.29, 1.82) is 0 Å². The number of amides is 1. The summed E-state index contributed by atoms with van der Waals surface area (Å²) in [5.74, 6) is -1.94. The van der Waals surface area contributed by atoms with E-state index in [4.69, 9.17) is 15.6 Å². The molecule has 6 heteroatoms. The van der Waals surface area contributed by atoms with Gasteiger partial charge in [-0.1, -0.05) is 11.6 Å². The molecule has 1 fully saturated rings. The van der Waals surface area contributed by atoms with Crippen molar-refractivity contribution in [2.75, 3.05) is 26.0 Å². The van der Waals surface area contributed by atoms with Gasteiger partial charge in [-0.05, 0) is 19.1 Å². The van der Waals surface area contributed by atoms with Gasteiger partial charge in [-0.25, -0.2) is 0 Å². The summed E-state index contributed by atoms with van der Waals surface area (Å²) >= 11 is 0. The predicted molar refractivity (Wildman–Crippen MR) is 73.4 cm³/mol. The first kappa shape index (κ1) is 14.3. The van der Waals surface area contributed by atoms with Gasteiger partial charge in [0.1, 0.15) is 5.92 Å². The van der Waals surface area contributed by atoms with E-state index in [0.29, 0.717) is 11.3 Å². The summed E-state index contributed by atoms with van der Waals surface area (Å²) in [5, 5.41) is 9.14. The molecule has 3 N–H and O–H groups in total. The van der Waals surface area contributed by atoms with Gasteiger partial charge in [0.05, 0.1) is 24.8 Å². The highest BCUT2D eigenvalue weighted by molar-refractivity contribution is 5.99. The van der Waals surface area contributed by atoms with Gasteiger partial charge >= 0.3 is 5.97 Å². The lowest BCUT2D eigenvalue weighted by Gasteiger charge is -2.27. The molecule has 1 aliphatic rings. The number of carboxylic acids is 1. The Morgan fingerprint density at radius 1 is 1.40 bits per heavy atom. The van der Waals surface area contributed by atoms with Gasteiger partial charge in [-0.2, -0.15) is 0 Å². The van der Waals surface area contributed by atoms with Crippen LogP contribution in [0, 0.1) is 12.8 Å². The summed E-state index contributed by atoms with van der Waals surface area (Å²) in [6, 6.07) is 4.74. The van der Waals surface area contributed by atoms with E-state index < -0.39 is 17.9 Å². The Labute approximate surface area is 117 Å². The second kappa shape index (κ2) is 5.50. The van der Waals surface area contributed by atoms with Crippen LogP contribution in [0.25, 0.3) is 0 Å². The number of benzene rings is 1. The van der Waals surface area contributed by atoms with Gasteiger partial charge in [0, 0.05) is 12.7 Å². The van der Waals surface area contributed by atoms with Gasteiger partial charge in [0.15, 0.2) is 0 Å². The van der Waals surface area contributed by atoms with E-state index >= 15 is 0 Å². The van der Waals surface area contributed by atoms with Crippen LogP contribution in [0.15, 0.2) is 18.2 Å². The van der Waals surface area contributed by atoms with Crippen molar-refractivity contribution in [3.8, 4) is 0 Å². The number of nitrogen functional groups attached to an aromatic ring is 1. The fraction of sp³-hybridized carbons (Fsp3) is 0.429. The smallest absolute Gasteiger partial charge is 0.311 e. The third-order valence-electron chi connectivity index (χ3n) is 3.62. The van der Waals surface area contributed by atoms with Crippen LogP contribution in [0.1, 0.15) is 15.9 Å². The number of nitrogens with zero attached hydrogens (tertiary/aromatic N) is 1. The standard InChI is InChI=1S/C14H18N2O4/c1-8-3-4-11(15)9(5-8)13(17)16(2)12-7-20-6-10(12)14(18)19/h3-5,10,12H,6-7,15H2,1-2H3,(H,18,19). The van der Waals surface area contributed by atoms with Crippen LogP contribution in [0.3, 0.4) is 0 Å². The molecule has 0 spiro atoms. The monoisotopic (exact) mass is 278 g/mol. The number of anilines is 1. The Morgan fingerprint density at radius 3 is 2.75 bits per heavy atom. The van der Waals surface area contributed by atoms with Gasteiger partial charge in [-0.15, -0.1) is 0 Å². The minimum atomic E-state index is -0.954. The molecule has 20 heavy (non-hydrogen) atoms. The molecule has 1 aliphatic heterocycles. The normalized spacial score (nSPS) is 21.7. The van der Waals surface area contributed by atoms with Crippen molar-refractivity contribution in [1.82, 2.24) is 4.90 Å². The number of hydrogen-bond acceptors (Lipinski definition) is 4. The Hall–Kier alpha value is -2.08. The first-order chi connectivity index (χ1) is 9.41. The first-order valence-electron chi connectivity index (χ1n) is 6.35. The Balaban J connectivity index is 2.24. The number of nitrogens with two attached hydrogens (primary N) is 1. The Morgan fingerprint density at radius 2 is 2.10 bits per heavy atom. The summed E-state index contributed by atoms with van der Waals surface area (Å²) in [7, 11) is 1.58. The quantitative estimate of drug-likeness (QED) is 0.796. The molecule has 1 aromatic carbocycles. The average Bonchev–Trinajstić information content (AvgIpc) is 2.89. The summed E-state index contributed by atoms with van der Waals surface area (Å²) in [6.07, 6.45) is 0. The molecule has 108 valence electrons. The molecule has 1 aromatic rings. The van der Waals surface area contributed by atoms with E-state index in [1.807, 2.05) is 13.0 Å². The number of carboxylic acid groups (broad SMARTS) is 1. The predicted octanol–water partition coefficient (Wildman–Crippen LogP) is 0.749. The van der Waals surface area contributed by atoms with Gasteiger partial charge in [0.25, 0.3) is 5.91 Å². The Kier molecular flexibility index (Phi) is 3.94. The van der Waals surface area contributed by atoms with E-state index in [-0.39, 0.29) is 19.1 Å². The molecule has 0 radical (unpaired) electrons. The maximum absolute atomic E-state index is 12.5. The minimum Gasteiger partial charge on any atom is -0.481 e. The van der Waals surface area contributed by atoms with Crippen LogP contribution in [-0.4, -0.2) is 48.2 Å². The summed E-state index contributed by atoms with van der Waals surface area (Å²) < 4.78 is 5.19. The molecular formula is C14H18N2O4. The van der Waals surface area contributed by atoms with Crippen molar-refractivity contribution >= 4 is 17.6 Å². The molecule has 0 aromatic heterocycles. The average molecular weight is 278 g/mol. The molecule has 6 nitrogen and oxygen atoms in total. The summed E-state index contributed by atoms with van der Waals surface area (Å²) in [4.78, 5) is 25.0. The van der Waals surface area contributed by atoms with E-state index in [1.54, 1.807) is 19.2 Å². The van der Waals surface area contributed by atoms with Crippen molar-refractivity contribution in [3.63, 3.8) is 0 Å². The number of carbonyl (C=O) groups is 2. The van der Waals surface area contributed by atoms with E-state index in [0.717, 1.165) is 5.56 Å². The lowest BCUT2D eigenvalue weighted by atomic mass is 10.0. The maximum Gasteiger partial charge on any atom is 0.311 e. The molecule has 2 rings (SSSR count). The number of carbonyl (C=O) groups excluding carboxylic acids is 1. The van der Waals surface area contributed by atoms with Crippen molar-refractivity contribution in [3.05, 3.63) is 29.3 Å². The van der Waals surface area contributed by atoms with Gasteiger partial charge in [0.2, 0.25) is 0 Å². The molecule has 2 unspecified atom stereocenters. The van der Waals surface area contributed by atoms with Crippen LogP contribution in [0.5, 0.6) is 0 Å². The lowest BCUT2D eigenvalue weighted by molar-refractivity contribution is -0.142. The number of likely N-dealkylation sites (N-methyl/N-ethyl adjacent to an activating group) is 1. The number of ether oxygens (including phenoxy) is 1. The fourth-order valence-electron chi connectivity index (χ4n) is 2.36. The number of aliphatic carboxylic acids is 1.